The Morgan fingerprint density at radius 2 is 1.76 bits per heavy atom. The summed E-state index contributed by atoms with van der Waals surface area (Å²) >= 11 is 0. The van der Waals surface area contributed by atoms with Crippen LogP contribution >= 0.6 is 0 Å². The average molecular weight is 475 g/mol. The number of carbonyl (C=O) groups is 2. The Morgan fingerprint density at radius 3 is 2.39 bits per heavy atom. The van der Waals surface area contributed by atoms with Gasteiger partial charge in [0.15, 0.2) is 0 Å². The molecule has 0 aromatic heterocycles. The number of sulfonamides is 1. The van der Waals surface area contributed by atoms with E-state index in [9.17, 15) is 18.0 Å². The van der Waals surface area contributed by atoms with Gasteiger partial charge in [-0.1, -0.05) is 0 Å². The van der Waals surface area contributed by atoms with Gasteiger partial charge in [0.1, 0.15) is 11.5 Å². The van der Waals surface area contributed by atoms with Gasteiger partial charge in [-0.15, -0.1) is 0 Å². The van der Waals surface area contributed by atoms with E-state index in [-0.39, 0.29) is 17.0 Å². The number of ether oxygens (including phenoxy) is 2. The van der Waals surface area contributed by atoms with Crippen molar-refractivity contribution >= 4 is 28.1 Å². The number of rotatable bonds is 9. The first kappa shape index (κ1) is 24.2. The Kier molecular flexibility index (Phi) is 8.01. The zero-order chi connectivity index (χ0) is 23.8. The molecule has 176 valence electrons. The van der Waals surface area contributed by atoms with E-state index < -0.39 is 21.8 Å². The van der Waals surface area contributed by atoms with E-state index in [0.717, 1.165) is 12.8 Å². The van der Waals surface area contributed by atoms with E-state index in [2.05, 4.69) is 15.8 Å². The highest BCUT2D eigenvalue weighted by atomic mass is 32.2. The Hall–Kier alpha value is -3.44. The van der Waals surface area contributed by atoms with Crippen molar-refractivity contribution < 1.29 is 27.5 Å². The third-order valence-electron chi connectivity index (χ3n) is 5.06. The first-order chi connectivity index (χ1) is 15.8. The Balaban J connectivity index is 1.52. The predicted molar refractivity (Wildman–Crippen MR) is 122 cm³/mol. The molecule has 0 spiro atoms. The average Bonchev–Trinajstić information content (AvgIpc) is 3.38. The summed E-state index contributed by atoms with van der Waals surface area (Å²) in [5, 5.41) is 6.34. The van der Waals surface area contributed by atoms with Gasteiger partial charge < -0.3 is 14.8 Å². The molecule has 1 saturated heterocycles. The quantitative estimate of drug-likeness (QED) is 0.418. The summed E-state index contributed by atoms with van der Waals surface area (Å²) in [6.07, 6.45) is 3.10. The number of hydrogen-bond acceptors (Lipinski definition) is 7. The molecule has 10 nitrogen and oxygen atoms in total. The first-order valence-electron chi connectivity index (χ1n) is 10.3. The van der Waals surface area contributed by atoms with Crippen molar-refractivity contribution in [3.63, 3.8) is 0 Å². The zero-order valence-electron chi connectivity index (χ0n) is 18.4. The Labute approximate surface area is 192 Å². The molecule has 33 heavy (non-hydrogen) atoms. The normalized spacial score (nSPS) is 14.2. The lowest BCUT2D eigenvalue weighted by Crippen LogP contribution is -2.35. The van der Waals surface area contributed by atoms with Crippen molar-refractivity contribution in [3.8, 4) is 11.5 Å². The number of methoxy groups -OCH3 is 2. The molecular formula is C22H26N4O6S. The number of nitrogens with zero attached hydrogens (tertiary/aromatic N) is 2. The Morgan fingerprint density at radius 1 is 1.06 bits per heavy atom. The van der Waals surface area contributed by atoms with Crippen LogP contribution in [0.4, 0.5) is 0 Å². The molecule has 0 saturated carbocycles. The van der Waals surface area contributed by atoms with E-state index in [0.29, 0.717) is 30.2 Å². The zero-order valence-corrected chi connectivity index (χ0v) is 19.2. The van der Waals surface area contributed by atoms with Crippen LogP contribution in [-0.2, 0) is 14.8 Å². The molecule has 0 bridgehead atoms. The maximum Gasteiger partial charge on any atom is 0.259 e. The van der Waals surface area contributed by atoms with Gasteiger partial charge in [-0.2, -0.15) is 9.41 Å². The molecule has 1 heterocycles. The molecule has 1 aliphatic rings. The molecule has 2 aromatic rings. The fourth-order valence-corrected chi connectivity index (χ4v) is 4.79. The van der Waals surface area contributed by atoms with Crippen LogP contribution in [0.5, 0.6) is 11.5 Å². The second-order valence-corrected chi connectivity index (χ2v) is 9.16. The van der Waals surface area contributed by atoms with Crippen molar-refractivity contribution in [2.75, 3.05) is 33.9 Å². The van der Waals surface area contributed by atoms with Crippen LogP contribution in [-0.4, -0.2) is 64.6 Å². The van der Waals surface area contributed by atoms with Crippen LogP contribution in [0.25, 0.3) is 0 Å². The van der Waals surface area contributed by atoms with E-state index in [1.165, 1.54) is 49.0 Å². The molecule has 0 radical (unpaired) electrons. The number of carbonyl (C=O) groups excluding carboxylic acids is 2. The van der Waals surface area contributed by atoms with E-state index >= 15 is 0 Å². The molecule has 0 unspecified atom stereocenters. The second-order valence-electron chi connectivity index (χ2n) is 7.22. The van der Waals surface area contributed by atoms with Crippen molar-refractivity contribution in [2.24, 2.45) is 5.10 Å². The first-order valence-corrected chi connectivity index (χ1v) is 11.7. The summed E-state index contributed by atoms with van der Waals surface area (Å²) in [7, 11) is -0.494. The molecule has 3 rings (SSSR count). The maximum atomic E-state index is 12.6. The minimum atomic E-state index is -3.54. The summed E-state index contributed by atoms with van der Waals surface area (Å²) < 4.78 is 36.9. The van der Waals surface area contributed by atoms with Crippen molar-refractivity contribution in [1.82, 2.24) is 15.0 Å². The molecule has 1 aliphatic heterocycles. The topological polar surface area (TPSA) is 126 Å². The number of hydrazone groups is 1. The predicted octanol–water partition coefficient (Wildman–Crippen LogP) is 1.37. The van der Waals surface area contributed by atoms with Crippen LogP contribution in [0.15, 0.2) is 52.5 Å². The van der Waals surface area contributed by atoms with Gasteiger partial charge in [-0.05, 0) is 55.3 Å². The lowest BCUT2D eigenvalue weighted by molar-refractivity contribution is -0.120. The van der Waals surface area contributed by atoms with Crippen molar-refractivity contribution in [2.45, 2.75) is 17.7 Å². The Bertz CT molecular complexity index is 1130. The number of nitrogens with one attached hydrogen (secondary N) is 2. The smallest absolute Gasteiger partial charge is 0.259 e. The van der Waals surface area contributed by atoms with Gasteiger partial charge in [-0.25, -0.2) is 13.8 Å². The summed E-state index contributed by atoms with van der Waals surface area (Å²) in [6.45, 7) is 0.707. The number of benzene rings is 2. The maximum absolute atomic E-state index is 12.6. The molecule has 1 fully saturated rings. The summed E-state index contributed by atoms with van der Waals surface area (Å²) in [5.41, 5.74) is 3.17. The second kappa shape index (κ2) is 10.9. The van der Waals surface area contributed by atoms with Crippen LogP contribution in [0.2, 0.25) is 0 Å². The molecular weight excluding hydrogens is 448 g/mol. The SMILES string of the molecule is COc1ccc(OC)c(C=NNC(=O)CNC(=O)c2ccc(S(=O)(=O)N3CCCC3)cc2)c1. The standard InChI is InChI=1S/C22H26N4O6S/c1-31-18-7-10-20(32-2)17(13-18)14-24-25-21(27)15-23-22(28)16-5-8-19(9-6-16)33(29,30)26-11-3-4-12-26/h5-10,13-14H,3-4,11-12,15H2,1-2H3,(H,23,28)(H,25,27). The van der Waals surface area contributed by atoms with Crippen molar-refractivity contribution in [3.05, 3.63) is 53.6 Å². The third kappa shape index (κ3) is 6.08. The minimum absolute atomic E-state index is 0.140. The number of amides is 2. The van der Waals surface area contributed by atoms with Gasteiger partial charge >= 0.3 is 0 Å². The minimum Gasteiger partial charge on any atom is -0.497 e. The van der Waals surface area contributed by atoms with Gasteiger partial charge in [0.2, 0.25) is 10.0 Å². The highest BCUT2D eigenvalue weighted by Crippen LogP contribution is 2.22. The highest BCUT2D eigenvalue weighted by Gasteiger charge is 2.27. The van der Waals surface area contributed by atoms with E-state index in [1.807, 2.05) is 0 Å². The highest BCUT2D eigenvalue weighted by molar-refractivity contribution is 7.89. The van der Waals surface area contributed by atoms with Gasteiger partial charge in [0.05, 0.1) is 31.9 Å². The molecule has 0 atom stereocenters. The van der Waals surface area contributed by atoms with Crippen LogP contribution < -0.4 is 20.2 Å². The van der Waals surface area contributed by atoms with E-state index in [4.69, 9.17) is 9.47 Å². The third-order valence-corrected chi connectivity index (χ3v) is 6.97. The van der Waals surface area contributed by atoms with Crippen LogP contribution in [0.3, 0.4) is 0 Å². The summed E-state index contributed by atoms with van der Waals surface area (Å²) in [6, 6.07) is 10.8. The number of hydrogen-bond donors (Lipinski definition) is 2. The molecule has 0 aliphatic carbocycles. The molecule has 11 heteroatoms. The van der Waals surface area contributed by atoms with Gasteiger partial charge in [-0.3, -0.25) is 9.59 Å². The van der Waals surface area contributed by atoms with Crippen molar-refractivity contribution in [1.29, 1.82) is 0 Å². The van der Waals surface area contributed by atoms with E-state index in [1.54, 1.807) is 18.2 Å². The van der Waals surface area contributed by atoms with Gasteiger partial charge in [0, 0.05) is 24.2 Å². The summed E-state index contributed by atoms with van der Waals surface area (Å²) in [4.78, 5) is 24.4. The van der Waals surface area contributed by atoms with Crippen LogP contribution in [0.1, 0.15) is 28.8 Å². The van der Waals surface area contributed by atoms with Crippen LogP contribution in [0, 0.1) is 0 Å². The summed E-state index contributed by atoms with van der Waals surface area (Å²) in [5.74, 6) is 0.121. The molecule has 2 N–H and O–H groups in total. The fourth-order valence-electron chi connectivity index (χ4n) is 3.27. The lowest BCUT2D eigenvalue weighted by Gasteiger charge is -2.15. The van der Waals surface area contributed by atoms with Gasteiger partial charge in [0.25, 0.3) is 11.8 Å². The largest absolute Gasteiger partial charge is 0.497 e. The lowest BCUT2D eigenvalue weighted by atomic mass is 10.2. The molecule has 2 aromatic carbocycles. The fraction of sp³-hybridized carbons (Fsp3) is 0.318. The molecule has 2 amide bonds. The monoisotopic (exact) mass is 474 g/mol.